The molecule has 17 heavy (non-hydrogen) atoms. The Labute approximate surface area is 99.5 Å². The molecule has 0 aliphatic carbocycles. The maximum Gasteiger partial charge on any atom is 0.226 e. The lowest BCUT2D eigenvalue weighted by Gasteiger charge is -2.07. The average molecular weight is 230 g/mol. The Balaban J connectivity index is 2.31. The number of benzene rings is 1. The van der Waals surface area contributed by atoms with Gasteiger partial charge in [0.25, 0.3) is 0 Å². The van der Waals surface area contributed by atoms with E-state index in [2.05, 4.69) is 16.0 Å². The molecule has 0 radical (unpaired) electrons. The third-order valence-corrected chi connectivity index (χ3v) is 2.16. The molecule has 0 aliphatic rings. The molecule has 0 atom stereocenters. The minimum absolute atomic E-state index is 0.101. The van der Waals surface area contributed by atoms with E-state index in [-0.39, 0.29) is 11.8 Å². The zero-order valence-corrected chi connectivity index (χ0v) is 9.77. The summed E-state index contributed by atoms with van der Waals surface area (Å²) in [4.78, 5) is 7.73. The summed E-state index contributed by atoms with van der Waals surface area (Å²) < 4.78 is 5.59. The van der Waals surface area contributed by atoms with Gasteiger partial charge in [-0.3, -0.25) is 0 Å². The zero-order valence-electron chi connectivity index (χ0n) is 9.77. The lowest BCUT2D eigenvalue weighted by atomic mass is 10.1. The third kappa shape index (κ3) is 2.84. The van der Waals surface area contributed by atoms with E-state index in [1.807, 2.05) is 26.0 Å². The molecule has 1 aromatic carbocycles. The van der Waals surface area contributed by atoms with Crippen molar-refractivity contribution in [3.05, 3.63) is 35.4 Å². The van der Waals surface area contributed by atoms with Gasteiger partial charge in [0.1, 0.15) is 11.6 Å². The van der Waals surface area contributed by atoms with Gasteiger partial charge in [-0.2, -0.15) is 9.97 Å². The smallest absolute Gasteiger partial charge is 0.226 e. The monoisotopic (exact) mass is 230 g/mol. The van der Waals surface area contributed by atoms with Gasteiger partial charge in [-0.15, -0.1) is 0 Å². The van der Waals surface area contributed by atoms with Crippen molar-refractivity contribution < 1.29 is 4.74 Å². The molecule has 1 aromatic heterocycles. The molecule has 4 N–H and O–H groups in total. The van der Waals surface area contributed by atoms with Crippen LogP contribution < -0.4 is 16.2 Å². The number of nitrogens with zero attached hydrogens (tertiary/aromatic N) is 2. The SMILES string of the molecule is Cc1cc(C)cc(Oc2cc(N)nc(N)n2)c1. The Morgan fingerprint density at radius 2 is 1.59 bits per heavy atom. The van der Waals surface area contributed by atoms with Crippen LogP contribution in [0.5, 0.6) is 11.6 Å². The zero-order chi connectivity index (χ0) is 12.4. The minimum atomic E-state index is 0.101. The van der Waals surface area contributed by atoms with Gasteiger partial charge in [-0.25, -0.2) is 0 Å². The largest absolute Gasteiger partial charge is 0.439 e. The van der Waals surface area contributed by atoms with Crippen molar-refractivity contribution in [1.29, 1.82) is 0 Å². The molecule has 0 spiro atoms. The van der Waals surface area contributed by atoms with Crippen molar-refractivity contribution in [2.24, 2.45) is 0 Å². The number of aryl methyl sites for hydroxylation is 2. The molecule has 0 aliphatic heterocycles. The second kappa shape index (κ2) is 4.29. The summed E-state index contributed by atoms with van der Waals surface area (Å²) in [6, 6.07) is 7.44. The summed E-state index contributed by atoms with van der Waals surface area (Å²) in [5.74, 6) is 1.45. The van der Waals surface area contributed by atoms with Crippen LogP contribution in [0.25, 0.3) is 0 Å². The molecule has 0 saturated carbocycles. The second-order valence-corrected chi connectivity index (χ2v) is 3.91. The van der Waals surface area contributed by atoms with E-state index in [9.17, 15) is 0 Å². The molecule has 2 aromatic rings. The molecule has 5 nitrogen and oxygen atoms in total. The van der Waals surface area contributed by atoms with Crippen molar-refractivity contribution >= 4 is 11.8 Å². The van der Waals surface area contributed by atoms with E-state index in [0.717, 1.165) is 11.1 Å². The first-order chi connectivity index (χ1) is 8.02. The van der Waals surface area contributed by atoms with Crippen LogP contribution in [0.4, 0.5) is 11.8 Å². The van der Waals surface area contributed by atoms with Gasteiger partial charge >= 0.3 is 0 Å². The topological polar surface area (TPSA) is 87.0 Å². The van der Waals surface area contributed by atoms with Crippen LogP contribution >= 0.6 is 0 Å². The highest BCUT2D eigenvalue weighted by molar-refractivity contribution is 5.41. The molecule has 0 amide bonds. The minimum Gasteiger partial charge on any atom is -0.439 e. The standard InChI is InChI=1S/C12H14N4O/c1-7-3-8(2)5-9(4-7)17-11-6-10(13)15-12(14)16-11/h3-6H,1-2H3,(H4,13,14,15,16). The van der Waals surface area contributed by atoms with Crippen LogP contribution in [0.15, 0.2) is 24.3 Å². The summed E-state index contributed by atoms with van der Waals surface area (Å²) >= 11 is 0. The van der Waals surface area contributed by atoms with Crippen LogP contribution in [0.3, 0.4) is 0 Å². The summed E-state index contributed by atoms with van der Waals surface area (Å²) in [6.07, 6.45) is 0. The summed E-state index contributed by atoms with van der Waals surface area (Å²) in [6.45, 7) is 4.01. The van der Waals surface area contributed by atoms with E-state index in [4.69, 9.17) is 16.2 Å². The van der Waals surface area contributed by atoms with Crippen molar-refractivity contribution in [2.45, 2.75) is 13.8 Å². The fourth-order valence-electron chi connectivity index (χ4n) is 1.63. The van der Waals surface area contributed by atoms with Gasteiger partial charge in [0, 0.05) is 6.07 Å². The number of nitrogen functional groups attached to an aromatic ring is 2. The molecule has 0 bridgehead atoms. The molecular weight excluding hydrogens is 216 g/mol. The predicted molar refractivity (Wildman–Crippen MR) is 66.8 cm³/mol. The van der Waals surface area contributed by atoms with Gasteiger partial charge in [-0.05, 0) is 37.1 Å². The Bertz CT molecular complexity index is 464. The Kier molecular flexibility index (Phi) is 2.82. The Morgan fingerprint density at radius 1 is 0.941 bits per heavy atom. The highest BCUT2D eigenvalue weighted by Crippen LogP contribution is 2.23. The van der Waals surface area contributed by atoms with Crippen LogP contribution in [-0.4, -0.2) is 9.97 Å². The number of aromatic nitrogens is 2. The molecule has 0 unspecified atom stereocenters. The summed E-state index contributed by atoms with van der Waals surface area (Å²) in [7, 11) is 0. The molecule has 0 saturated heterocycles. The summed E-state index contributed by atoms with van der Waals surface area (Å²) in [5.41, 5.74) is 13.3. The molecule has 88 valence electrons. The average Bonchev–Trinajstić information content (AvgIpc) is 2.13. The Morgan fingerprint density at radius 3 is 2.18 bits per heavy atom. The third-order valence-electron chi connectivity index (χ3n) is 2.16. The molecule has 1 heterocycles. The van der Waals surface area contributed by atoms with Crippen LogP contribution in [-0.2, 0) is 0 Å². The lowest BCUT2D eigenvalue weighted by Crippen LogP contribution is -2.00. The number of anilines is 2. The first-order valence-electron chi connectivity index (χ1n) is 5.19. The molecule has 0 fully saturated rings. The maximum absolute atomic E-state index is 5.59. The van der Waals surface area contributed by atoms with Crippen LogP contribution in [0.1, 0.15) is 11.1 Å². The van der Waals surface area contributed by atoms with E-state index in [1.165, 1.54) is 6.07 Å². The van der Waals surface area contributed by atoms with Crippen LogP contribution in [0, 0.1) is 13.8 Å². The van der Waals surface area contributed by atoms with Gasteiger partial charge in [0.2, 0.25) is 11.8 Å². The van der Waals surface area contributed by atoms with E-state index in [1.54, 1.807) is 0 Å². The predicted octanol–water partition coefficient (Wildman–Crippen LogP) is 2.05. The van der Waals surface area contributed by atoms with E-state index < -0.39 is 0 Å². The highest BCUT2D eigenvalue weighted by atomic mass is 16.5. The van der Waals surface area contributed by atoms with Gasteiger partial charge in [-0.1, -0.05) is 6.07 Å². The van der Waals surface area contributed by atoms with E-state index in [0.29, 0.717) is 11.6 Å². The quantitative estimate of drug-likeness (QED) is 0.824. The number of hydrogen-bond donors (Lipinski definition) is 2. The van der Waals surface area contributed by atoms with Crippen molar-refractivity contribution in [1.82, 2.24) is 9.97 Å². The number of rotatable bonds is 2. The van der Waals surface area contributed by atoms with Gasteiger partial charge in [0.05, 0.1) is 0 Å². The number of hydrogen-bond acceptors (Lipinski definition) is 5. The number of ether oxygens (including phenoxy) is 1. The Hall–Kier alpha value is -2.30. The fraction of sp³-hybridized carbons (Fsp3) is 0.167. The maximum atomic E-state index is 5.59. The van der Waals surface area contributed by atoms with Gasteiger partial charge < -0.3 is 16.2 Å². The first kappa shape index (κ1) is 11.2. The first-order valence-corrected chi connectivity index (χ1v) is 5.19. The lowest BCUT2D eigenvalue weighted by molar-refractivity contribution is 0.462. The fourth-order valence-corrected chi connectivity index (χ4v) is 1.63. The van der Waals surface area contributed by atoms with Crippen LogP contribution in [0.2, 0.25) is 0 Å². The normalized spacial score (nSPS) is 10.2. The van der Waals surface area contributed by atoms with Crippen molar-refractivity contribution in [3.8, 4) is 11.6 Å². The van der Waals surface area contributed by atoms with E-state index >= 15 is 0 Å². The number of nitrogens with two attached hydrogens (primary N) is 2. The van der Waals surface area contributed by atoms with Crippen molar-refractivity contribution in [2.75, 3.05) is 11.5 Å². The van der Waals surface area contributed by atoms with Gasteiger partial charge in [0.15, 0.2) is 0 Å². The highest BCUT2D eigenvalue weighted by Gasteiger charge is 2.03. The summed E-state index contributed by atoms with van der Waals surface area (Å²) in [5, 5.41) is 0. The van der Waals surface area contributed by atoms with Crippen molar-refractivity contribution in [3.63, 3.8) is 0 Å². The molecular formula is C12H14N4O. The molecule has 2 rings (SSSR count). The second-order valence-electron chi connectivity index (χ2n) is 3.91. The molecule has 5 heteroatoms.